The number of ether oxygens (including phenoxy) is 2. The molecule has 2 fully saturated rings. The molecule has 1 amide bonds. The topological polar surface area (TPSA) is 55.8 Å². The van der Waals surface area contributed by atoms with E-state index in [1.807, 2.05) is 67.6 Å². The van der Waals surface area contributed by atoms with Gasteiger partial charge in [0.25, 0.3) is 0 Å². The second-order valence-corrected chi connectivity index (χ2v) is 7.25. The summed E-state index contributed by atoms with van der Waals surface area (Å²) >= 11 is 0. The van der Waals surface area contributed by atoms with Gasteiger partial charge in [0.15, 0.2) is 5.72 Å². The van der Waals surface area contributed by atoms with Crippen molar-refractivity contribution in [2.24, 2.45) is 5.92 Å². The first-order chi connectivity index (χ1) is 13.1. The highest BCUT2D eigenvalue weighted by Gasteiger charge is 2.53. The van der Waals surface area contributed by atoms with Gasteiger partial charge in [0.1, 0.15) is 12.5 Å². The van der Waals surface area contributed by atoms with Crippen molar-refractivity contribution >= 4 is 11.9 Å². The molecule has 0 saturated carbocycles. The molecule has 0 aliphatic carbocycles. The summed E-state index contributed by atoms with van der Waals surface area (Å²) < 4.78 is 11.5. The van der Waals surface area contributed by atoms with Crippen LogP contribution in [0.4, 0.5) is 0 Å². The fourth-order valence-electron chi connectivity index (χ4n) is 4.02. The van der Waals surface area contributed by atoms with Gasteiger partial charge in [-0.2, -0.15) is 0 Å². The standard InChI is InChI=1S/C22H23NO4/c1-22(17-10-6-3-7-11-17)23-18(15-27-22)12-13-19(20(23)24)21(25)26-14-16-8-4-2-5-9-16/h2-11,18-19H,12-15H2,1H3/t18-,19-,22-/m0/s1. The molecule has 0 unspecified atom stereocenters. The number of rotatable bonds is 4. The van der Waals surface area contributed by atoms with Crippen molar-refractivity contribution in [1.29, 1.82) is 0 Å². The number of carbonyl (C=O) groups excluding carboxylic acids is 2. The van der Waals surface area contributed by atoms with Gasteiger partial charge in [-0.3, -0.25) is 9.59 Å². The summed E-state index contributed by atoms with van der Waals surface area (Å²) in [7, 11) is 0. The Labute approximate surface area is 158 Å². The Balaban J connectivity index is 1.50. The van der Waals surface area contributed by atoms with Crippen LogP contribution in [0.1, 0.15) is 30.9 Å². The third-order valence-electron chi connectivity index (χ3n) is 5.52. The minimum Gasteiger partial charge on any atom is -0.460 e. The summed E-state index contributed by atoms with van der Waals surface area (Å²) in [5.41, 5.74) is 0.978. The van der Waals surface area contributed by atoms with Gasteiger partial charge in [-0.1, -0.05) is 60.7 Å². The summed E-state index contributed by atoms with van der Waals surface area (Å²) in [6, 6.07) is 19.2. The van der Waals surface area contributed by atoms with E-state index in [2.05, 4.69) is 0 Å². The molecule has 2 aromatic rings. The average molecular weight is 365 g/mol. The molecule has 27 heavy (non-hydrogen) atoms. The van der Waals surface area contributed by atoms with Gasteiger partial charge in [-0.05, 0) is 25.3 Å². The average Bonchev–Trinajstić information content (AvgIpc) is 3.07. The van der Waals surface area contributed by atoms with Crippen LogP contribution in [0.3, 0.4) is 0 Å². The number of hydrogen-bond acceptors (Lipinski definition) is 4. The molecular weight excluding hydrogens is 342 g/mol. The van der Waals surface area contributed by atoms with Crippen LogP contribution >= 0.6 is 0 Å². The monoisotopic (exact) mass is 365 g/mol. The van der Waals surface area contributed by atoms with E-state index in [4.69, 9.17) is 9.47 Å². The second-order valence-electron chi connectivity index (χ2n) is 7.25. The molecule has 0 radical (unpaired) electrons. The number of fused-ring (bicyclic) bond motifs is 1. The van der Waals surface area contributed by atoms with Crippen LogP contribution in [0.25, 0.3) is 0 Å². The van der Waals surface area contributed by atoms with Crippen LogP contribution < -0.4 is 0 Å². The summed E-state index contributed by atoms with van der Waals surface area (Å²) in [6.07, 6.45) is 1.24. The highest BCUT2D eigenvalue weighted by atomic mass is 16.5. The molecule has 2 heterocycles. The third-order valence-corrected chi connectivity index (χ3v) is 5.52. The van der Waals surface area contributed by atoms with Gasteiger partial charge in [0.05, 0.1) is 12.6 Å². The first-order valence-corrected chi connectivity index (χ1v) is 9.33. The third kappa shape index (κ3) is 3.23. The molecule has 2 aliphatic rings. The normalized spacial score (nSPS) is 27.3. The van der Waals surface area contributed by atoms with E-state index in [0.717, 1.165) is 17.5 Å². The van der Waals surface area contributed by atoms with Crippen LogP contribution in [0.5, 0.6) is 0 Å². The SMILES string of the molecule is C[C@@]1(c2ccccc2)OC[C@@H]2CC[C@H](C(=O)OCc3ccccc3)C(=O)N21. The number of hydrogen-bond donors (Lipinski definition) is 0. The summed E-state index contributed by atoms with van der Waals surface area (Å²) in [5.74, 6) is -1.42. The molecule has 2 saturated heterocycles. The largest absolute Gasteiger partial charge is 0.460 e. The number of benzene rings is 2. The zero-order valence-electron chi connectivity index (χ0n) is 15.3. The minimum atomic E-state index is -0.846. The molecule has 0 aromatic heterocycles. The van der Waals surface area contributed by atoms with Crippen molar-refractivity contribution < 1.29 is 19.1 Å². The van der Waals surface area contributed by atoms with Crippen molar-refractivity contribution in [3.8, 4) is 0 Å². The zero-order valence-corrected chi connectivity index (χ0v) is 15.3. The Kier molecular flexibility index (Phi) is 4.70. The van der Waals surface area contributed by atoms with Gasteiger partial charge in [-0.25, -0.2) is 0 Å². The maximum Gasteiger partial charge on any atom is 0.318 e. The van der Waals surface area contributed by atoms with Crippen molar-refractivity contribution in [3.05, 3.63) is 71.8 Å². The minimum absolute atomic E-state index is 0.000814. The quantitative estimate of drug-likeness (QED) is 0.617. The van der Waals surface area contributed by atoms with Crippen LogP contribution in [0.2, 0.25) is 0 Å². The van der Waals surface area contributed by atoms with Crippen LogP contribution in [-0.2, 0) is 31.4 Å². The maximum absolute atomic E-state index is 13.2. The fourth-order valence-corrected chi connectivity index (χ4v) is 4.02. The van der Waals surface area contributed by atoms with Crippen LogP contribution in [-0.4, -0.2) is 29.4 Å². The molecule has 4 rings (SSSR count). The molecule has 0 N–H and O–H groups in total. The Morgan fingerprint density at radius 2 is 1.78 bits per heavy atom. The van der Waals surface area contributed by atoms with E-state index >= 15 is 0 Å². The maximum atomic E-state index is 13.2. The van der Waals surface area contributed by atoms with Crippen molar-refractivity contribution in [2.45, 2.75) is 38.1 Å². The molecular formula is C22H23NO4. The molecule has 5 nitrogen and oxygen atoms in total. The number of esters is 1. The van der Waals surface area contributed by atoms with Crippen molar-refractivity contribution in [2.75, 3.05) is 6.61 Å². The molecule has 3 atom stereocenters. The highest BCUT2D eigenvalue weighted by Crippen LogP contribution is 2.42. The Morgan fingerprint density at radius 3 is 2.48 bits per heavy atom. The predicted molar refractivity (Wildman–Crippen MR) is 99.3 cm³/mol. The first kappa shape index (κ1) is 17.7. The van der Waals surface area contributed by atoms with E-state index in [-0.39, 0.29) is 18.6 Å². The van der Waals surface area contributed by atoms with Crippen molar-refractivity contribution in [3.63, 3.8) is 0 Å². The number of nitrogens with zero attached hydrogens (tertiary/aromatic N) is 1. The lowest BCUT2D eigenvalue weighted by Gasteiger charge is -2.41. The van der Waals surface area contributed by atoms with E-state index in [0.29, 0.717) is 13.0 Å². The van der Waals surface area contributed by atoms with Gasteiger partial charge in [0.2, 0.25) is 5.91 Å². The number of carbonyl (C=O) groups is 2. The lowest BCUT2D eigenvalue weighted by atomic mass is 9.90. The number of amides is 1. The van der Waals surface area contributed by atoms with Crippen LogP contribution in [0.15, 0.2) is 60.7 Å². The van der Waals surface area contributed by atoms with E-state index in [9.17, 15) is 9.59 Å². The Hall–Kier alpha value is -2.66. The number of piperidine rings is 1. The Morgan fingerprint density at radius 1 is 1.11 bits per heavy atom. The molecule has 2 aliphatic heterocycles. The summed E-state index contributed by atoms with van der Waals surface area (Å²) in [4.78, 5) is 27.6. The highest BCUT2D eigenvalue weighted by molar-refractivity contribution is 5.98. The van der Waals surface area contributed by atoms with E-state index in [1.165, 1.54) is 0 Å². The van der Waals surface area contributed by atoms with Gasteiger partial charge >= 0.3 is 5.97 Å². The zero-order chi connectivity index (χ0) is 18.9. The molecule has 0 bridgehead atoms. The van der Waals surface area contributed by atoms with Crippen molar-refractivity contribution in [1.82, 2.24) is 4.90 Å². The summed E-state index contributed by atoms with van der Waals surface area (Å²) in [5, 5.41) is 0. The second kappa shape index (κ2) is 7.16. The van der Waals surface area contributed by atoms with Gasteiger partial charge < -0.3 is 14.4 Å². The lowest BCUT2D eigenvalue weighted by Crippen LogP contribution is -2.54. The van der Waals surface area contributed by atoms with E-state index < -0.39 is 17.6 Å². The predicted octanol–water partition coefficient (Wildman–Crippen LogP) is 3.24. The molecule has 140 valence electrons. The summed E-state index contributed by atoms with van der Waals surface area (Å²) in [6.45, 7) is 2.57. The lowest BCUT2D eigenvalue weighted by molar-refractivity contribution is -0.169. The fraction of sp³-hybridized carbons (Fsp3) is 0.364. The smallest absolute Gasteiger partial charge is 0.318 e. The molecule has 5 heteroatoms. The van der Waals surface area contributed by atoms with Gasteiger partial charge in [0, 0.05) is 5.56 Å². The van der Waals surface area contributed by atoms with E-state index in [1.54, 1.807) is 4.90 Å². The van der Waals surface area contributed by atoms with Gasteiger partial charge in [-0.15, -0.1) is 0 Å². The first-order valence-electron chi connectivity index (χ1n) is 9.33. The van der Waals surface area contributed by atoms with Crippen LogP contribution in [0, 0.1) is 5.92 Å². The molecule has 0 spiro atoms. The molecule has 2 aromatic carbocycles. The Bertz CT molecular complexity index is 823.